The first-order valence-corrected chi connectivity index (χ1v) is 10.7. The van der Waals surface area contributed by atoms with Crippen molar-refractivity contribution in [1.82, 2.24) is 5.43 Å². The molecule has 0 unspecified atom stereocenters. The molecule has 3 aromatic carbocycles. The van der Waals surface area contributed by atoms with E-state index in [1.807, 2.05) is 0 Å². The van der Waals surface area contributed by atoms with Crippen molar-refractivity contribution in [3.63, 3.8) is 0 Å². The standard InChI is InChI=1S/C25H22N4O7/c1-3-22(30)27-19-12-10-16(11-13-19)24(31)28-26-15-18-7-5-9-21(29(33)34)23(18)36-25(32)17-6-4-8-20(14-17)35-2/h4-15H,3H2,1-2H3,(H,27,30)(H,28,31)/b26-15+. The minimum atomic E-state index is -0.836. The lowest BCUT2D eigenvalue weighted by Crippen LogP contribution is -2.18. The highest BCUT2D eigenvalue weighted by Crippen LogP contribution is 2.31. The van der Waals surface area contributed by atoms with Gasteiger partial charge in [0, 0.05) is 29.3 Å². The number of methoxy groups -OCH3 is 1. The molecule has 0 aliphatic rings. The van der Waals surface area contributed by atoms with Crippen molar-refractivity contribution >= 4 is 35.4 Å². The molecular formula is C25H22N4O7. The number of amides is 2. The summed E-state index contributed by atoms with van der Waals surface area (Å²) in [5.41, 5.74) is 2.89. The Hall–Kier alpha value is -5.06. The van der Waals surface area contributed by atoms with Crippen molar-refractivity contribution < 1.29 is 28.8 Å². The summed E-state index contributed by atoms with van der Waals surface area (Å²) >= 11 is 0. The molecule has 0 saturated carbocycles. The number of ether oxygens (including phenoxy) is 2. The Balaban J connectivity index is 1.77. The summed E-state index contributed by atoms with van der Waals surface area (Å²) < 4.78 is 10.4. The maximum absolute atomic E-state index is 12.6. The summed E-state index contributed by atoms with van der Waals surface area (Å²) in [5.74, 6) is -1.46. The molecule has 2 amide bonds. The van der Waals surface area contributed by atoms with Crippen molar-refractivity contribution in [2.75, 3.05) is 12.4 Å². The number of carbonyl (C=O) groups is 3. The smallest absolute Gasteiger partial charge is 0.343 e. The van der Waals surface area contributed by atoms with Crippen LogP contribution in [0.3, 0.4) is 0 Å². The van der Waals surface area contributed by atoms with Crippen LogP contribution >= 0.6 is 0 Å². The molecule has 36 heavy (non-hydrogen) atoms. The van der Waals surface area contributed by atoms with Gasteiger partial charge in [0.05, 0.1) is 23.8 Å². The molecule has 0 atom stereocenters. The van der Waals surface area contributed by atoms with E-state index >= 15 is 0 Å². The van der Waals surface area contributed by atoms with Crippen LogP contribution in [-0.2, 0) is 4.79 Å². The Morgan fingerprint density at radius 2 is 1.75 bits per heavy atom. The number of hydrogen-bond acceptors (Lipinski definition) is 8. The molecule has 0 bridgehead atoms. The maximum atomic E-state index is 12.6. The average molecular weight is 490 g/mol. The predicted molar refractivity (Wildman–Crippen MR) is 131 cm³/mol. The molecule has 0 saturated heterocycles. The number of nitro groups is 1. The van der Waals surface area contributed by atoms with E-state index < -0.39 is 22.5 Å². The fourth-order valence-corrected chi connectivity index (χ4v) is 2.98. The molecule has 0 radical (unpaired) electrons. The molecule has 0 aliphatic heterocycles. The molecule has 11 nitrogen and oxygen atoms in total. The molecule has 0 fully saturated rings. The summed E-state index contributed by atoms with van der Waals surface area (Å²) in [6, 6.07) is 16.3. The summed E-state index contributed by atoms with van der Waals surface area (Å²) in [7, 11) is 1.44. The zero-order valence-electron chi connectivity index (χ0n) is 19.4. The van der Waals surface area contributed by atoms with Crippen LogP contribution in [0.4, 0.5) is 11.4 Å². The molecular weight excluding hydrogens is 468 g/mol. The summed E-state index contributed by atoms with van der Waals surface area (Å²) in [6.45, 7) is 1.72. The van der Waals surface area contributed by atoms with Gasteiger partial charge < -0.3 is 14.8 Å². The number of hydrogen-bond donors (Lipinski definition) is 2. The highest BCUT2D eigenvalue weighted by Gasteiger charge is 2.22. The number of para-hydroxylation sites is 1. The number of rotatable bonds is 9. The summed E-state index contributed by atoms with van der Waals surface area (Å²) in [6.07, 6.45) is 1.46. The Bertz CT molecular complexity index is 1320. The molecule has 0 aliphatic carbocycles. The summed E-state index contributed by atoms with van der Waals surface area (Å²) in [4.78, 5) is 47.3. The molecule has 0 heterocycles. The first-order valence-electron chi connectivity index (χ1n) is 10.7. The van der Waals surface area contributed by atoms with Gasteiger partial charge in [-0.3, -0.25) is 19.7 Å². The molecule has 184 valence electrons. The maximum Gasteiger partial charge on any atom is 0.343 e. The Morgan fingerprint density at radius 3 is 2.42 bits per heavy atom. The van der Waals surface area contributed by atoms with Crippen molar-refractivity contribution in [2.45, 2.75) is 13.3 Å². The number of nitrogens with one attached hydrogen (secondary N) is 2. The van der Waals surface area contributed by atoms with Gasteiger partial charge in [0.15, 0.2) is 0 Å². The van der Waals surface area contributed by atoms with Crippen LogP contribution in [0.1, 0.15) is 39.6 Å². The molecule has 3 rings (SSSR count). The number of nitrogens with zero attached hydrogens (tertiary/aromatic N) is 2. The zero-order chi connectivity index (χ0) is 26.1. The second kappa shape index (κ2) is 11.9. The normalized spacial score (nSPS) is 10.5. The van der Waals surface area contributed by atoms with Crippen LogP contribution in [0.25, 0.3) is 0 Å². The lowest BCUT2D eigenvalue weighted by Gasteiger charge is -2.09. The zero-order valence-corrected chi connectivity index (χ0v) is 19.4. The quantitative estimate of drug-likeness (QED) is 0.152. The van der Waals surface area contributed by atoms with E-state index in [1.165, 1.54) is 49.6 Å². The lowest BCUT2D eigenvalue weighted by molar-refractivity contribution is -0.385. The Kier molecular flexibility index (Phi) is 8.44. The fraction of sp³-hybridized carbons (Fsp3) is 0.120. The third kappa shape index (κ3) is 6.50. The fourth-order valence-electron chi connectivity index (χ4n) is 2.98. The van der Waals surface area contributed by atoms with Gasteiger partial charge in [0.2, 0.25) is 11.7 Å². The van der Waals surface area contributed by atoms with Gasteiger partial charge in [-0.25, -0.2) is 10.2 Å². The first-order chi connectivity index (χ1) is 17.3. The summed E-state index contributed by atoms with van der Waals surface area (Å²) in [5, 5.41) is 18.0. The molecule has 0 aromatic heterocycles. The van der Waals surface area contributed by atoms with E-state index in [4.69, 9.17) is 9.47 Å². The minimum absolute atomic E-state index is 0.0957. The van der Waals surface area contributed by atoms with Crippen molar-refractivity contribution in [1.29, 1.82) is 0 Å². The van der Waals surface area contributed by atoms with E-state index in [1.54, 1.807) is 31.2 Å². The number of nitro benzene ring substituents is 1. The van der Waals surface area contributed by atoms with Crippen LogP contribution < -0.4 is 20.2 Å². The van der Waals surface area contributed by atoms with E-state index in [2.05, 4.69) is 15.8 Å². The minimum Gasteiger partial charge on any atom is -0.497 e. The van der Waals surface area contributed by atoms with E-state index in [9.17, 15) is 24.5 Å². The SMILES string of the molecule is CCC(=O)Nc1ccc(C(=O)N/N=C/c2cccc([N+](=O)[O-])c2OC(=O)c2cccc(OC)c2)cc1. The first kappa shape index (κ1) is 25.6. The third-order valence-electron chi connectivity index (χ3n) is 4.84. The van der Waals surface area contributed by atoms with E-state index in [-0.39, 0.29) is 28.3 Å². The van der Waals surface area contributed by atoms with Gasteiger partial charge in [-0.1, -0.05) is 19.1 Å². The Morgan fingerprint density at radius 1 is 1.03 bits per heavy atom. The molecule has 3 aromatic rings. The van der Waals surface area contributed by atoms with Gasteiger partial charge in [0.25, 0.3) is 5.91 Å². The van der Waals surface area contributed by atoms with Crippen LogP contribution in [0, 0.1) is 10.1 Å². The van der Waals surface area contributed by atoms with Gasteiger partial charge >= 0.3 is 11.7 Å². The van der Waals surface area contributed by atoms with Crippen LogP contribution in [0.15, 0.2) is 71.8 Å². The average Bonchev–Trinajstić information content (AvgIpc) is 2.89. The number of hydrazone groups is 1. The number of esters is 1. The van der Waals surface area contributed by atoms with Gasteiger partial charge in [-0.15, -0.1) is 0 Å². The lowest BCUT2D eigenvalue weighted by atomic mass is 10.1. The van der Waals surface area contributed by atoms with E-state index in [0.29, 0.717) is 17.9 Å². The number of anilines is 1. The Labute approximate surface area is 205 Å². The molecule has 2 N–H and O–H groups in total. The third-order valence-corrected chi connectivity index (χ3v) is 4.84. The van der Waals surface area contributed by atoms with Crippen LogP contribution in [0.2, 0.25) is 0 Å². The predicted octanol–water partition coefficient (Wildman–Crippen LogP) is 3.94. The van der Waals surface area contributed by atoms with Crippen molar-refractivity contribution in [2.24, 2.45) is 5.10 Å². The highest BCUT2D eigenvalue weighted by atomic mass is 16.6. The number of carbonyl (C=O) groups excluding carboxylic acids is 3. The van der Waals surface area contributed by atoms with Crippen LogP contribution in [-0.4, -0.2) is 36.0 Å². The second-order valence-electron chi connectivity index (χ2n) is 7.25. The second-order valence-corrected chi connectivity index (χ2v) is 7.25. The molecule has 0 spiro atoms. The van der Waals surface area contributed by atoms with Gasteiger partial charge in [-0.05, 0) is 48.5 Å². The molecule has 11 heteroatoms. The van der Waals surface area contributed by atoms with Gasteiger partial charge in [0.1, 0.15) is 5.75 Å². The van der Waals surface area contributed by atoms with Crippen LogP contribution in [0.5, 0.6) is 11.5 Å². The van der Waals surface area contributed by atoms with Gasteiger partial charge in [-0.2, -0.15) is 5.10 Å². The van der Waals surface area contributed by atoms with E-state index in [0.717, 1.165) is 6.21 Å². The monoisotopic (exact) mass is 490 g/mol. The number of benzene rings is 3. The van der Waals surface area contributed by atoms with Crippen molar-refractivity contribution in [3.8, 4) is 11.5 Å². The highest BCUT2D eigenvalue weighted by molar-refractivity contribution is 5.97. The largest absolute Gasteiger partial charge is 0.497 e. The van der Waals surface area contributed by atoms with Crippen molar-refractivity contribution in [3.05, 3.63) is 93.5 Å². The topological polar surface area (TPSA) is 149 Å².